The highest BCUT2D eigenvalue weighted by Crippen LogP contribution is 2.24. The summed E-state index contributed by atoms with van der Waals surface area (Å²) in [7, 11) is 0. The second-order valence-electron chi connectivity index (χ2n) is 3.97. The molecule has 0 atom stereocenters. The maximum Gasteiger partial charge on any atom is 0.238 e. The van der Waals surface area contributed by atoms with Crippen molar-refractivity contribution in [3.05, 3.63) is 53.6 Å². The maximum absolute atomic E-state index is 11.3. The quantitative estimate of drug-likeness (QED) is 0.921. The van der Waals surface area contributed by atoms with E-state index in [9.17, 15) is 4.79 Å². The first kappa shape index (κ1) is 13.1. The third kappa shape index (κ3) is 3.57. The number of anilines is 1. The Balaban J connectivity index is 2.15. The van der Waals surface area contributed by atoms with Gasteiger partial charge in [-0.25, -0.2) is 0 Å². The van der Waals surface area contributed by atoms with Gasteiger partial charge in [-0.15, -0.1) is 0 Å². The van der Waals surface area contributed by atoms with Gasteiger partial charge in [0, 0.05) is 10.7 Å². The van der Waals surface area contributed by atoms with Gasteiger partial charge in [0.25, 0.3) is 0 Å². The zero-order valence-corrected chi connectivity index (χ0v) is 10.8. The summed E-state index contributed by atoms with van der Waals surface area (Å²) < 4.78 is 0. The zero-order chi connectivity index (χ0) is 13.7. The molecular weight excluding hydrogens is 260 g/mol. The van der Waals surface area contributed by atoms with Crippen LogP contribution in [0.25, 0.3) is 11.1 Å². The third-order valence-electron chi connectivity index (χ3n) is 2.57. The van der Waals surface area contributed by atoms with E-state index in [4.69, 9.17) is 16.9 Å². The molecule has 0 spiro atoms. The summed E-state index contributed by atoms with van der Waals surface area (Å²) in [6, 6.07) is 16.7. The van der Waals surface area contributed by atoms with E-state index in [-0.39, 0.29) is 12.3 Å². The van der Waals surface area contributed by atoms with Crippen LogP contribution in [0.15, 0.2) is 48.5 Å². The fourth-order valence-electron chi connectivity index (χ4n) is 1.69. The normalized spacial score (nSPS) is 9.68. The predicted octanol–water partition coefficient (Wildman–Crippen LogP) is 3.86. The smallest absolute Gasteiger partial charge is 0.238 e. The number of amides is 1. The van der Waals surface area contributed by atoms with Crippen LogP contribution in [0.4, 0.5) is 5.69 Å². The lowest BCUT2D eigenvalue weighted by Gasteiger charge is -2.05. The second kappa shape index (κ2) is 6.03. The molecule has 0 saturated carbocycles. The van der Waals surface area contributed by atoms with Crippen molar-refractivity contribution < 1.29 is 4.79 Å². The minimum absolute atomic E-state index is 0.143. The molecule has 1 N–H and O–H groups in total. The lowest BCUT2D eigenvalue weighted by molar-refractivity contribution is -0.115. The van der Waals surface area contributed by atoms with Gasteiger partial charge in [0.1, 0.15) is 6.42 Å². The number of hydrogen-bond donors (Lipinski definition) is 1. The molecule has 94 valence electrons. The van der Waals surface area contributed by atoms with Crippen LogP contribution in [0.1, 0.15) is 6.42 Å². The highest BCUT2D eigenvalue weighted by molar-refractivity contribution is 6.30. The van der Waals surface area contributed by atoms with Crippen LogP contribution >= 0.6 is 11.6 Å². The van der Waals surface area contributed by atoms with Crippen molar-refractivity contribution in [3.63, 3.8) is 0 Å². The molecule has 2 aromatic rings. The fraction of sp³-hybridized carbons (Fsp3) is 0.0667. The Labute approximate surface area is 116 Å². The third-order valence-corrected chi connectivity index (χ3v) is 2.80. The topological polar surface area (TPSA) is 52.9 Å². The maximum atomic E-state index is 11.3. The minimum atomic E-state index is -0.307. The van der Waals surface area contributed by atoms with Crippen LogP contribution in [0.5, 0.6) is 0 Å². The first-order valence-electron chi connectivity index (χ1n) is 5.72. The van der Waals surface area contributed by atoms with Crippen molar-refractivity contribution in [2.75, 3.05) is 5.32 Å². The predicted molar refractivity (Wildman–Crippen MR) is 75.7 cm³/mol. The van der Waals surface area contributed by atoms with Crippen molar-refractivity contribution >= 4 is 23.2 Å². The van der Waals surface area contributed by atoms with Gasteiger partial charge in [-0.2, -0.15) is 5.26 Å². The Hall–Kier alpha value is -2.31. The van der Waals surface area contributed by atoms with Gasteiger partial charge in [-0.1, -0.05) is 35.9 Å². The molecule has 0 bridgehead atoms. The highest BCUT2D eigenvalue weighted by Gasteiger charge is 2.02. The van der Waals surface area contributed by atoms with Crippen LogP contribution in [0.2, 0.25) is 5.02 Å². The van der Waals surface area contributed by atoms with Crippen molar-refractivity contribution in [1.82, 2.24) is 0 Å². The standard InChI is InChI=1S/C15H11ClN2O/c16-13-3-1-2-12(10-13)11-4-6-14(7-5-11)18-15(19)8-9-17/h1-7,10H,8H2,(H,18,19). The first-order valence-corrected chi connectivity index (χ1v) is 6.09. The fourth-order valence-corrected chi connectivity index (χ4v) is 1.88. The van der Waals surface area contributed by atoms with Gasteiger partial charge in [0.05, 0.1) is 6.07 Å². The molecule has 0 aliphatic carbocycles. The van der Waals surface area contributed by atoms with E-state index in [1.165, 1.54) is 0 Å². The number of nitriles is 1. The summed E-state index contributed by atoms with van der Waals surface area (Å²) in [6.07, 6.45) is -0.143. The number of nitrogens with one attached hydrogen (secondary N) is 1. The van der Waals surface area contributed by atoms with Gasteiger partial charge in [0.15, 0.2) is 0 Å². The summed E-state index contributed by atoms with van der Waals surface area (Å²) in [5, 5.41) is 11.7. The van der Waals surface area contributed by atoms with E-state index in [2.05, 4.69) is 5.32 Å². The van der Waals surface area contributed by atoms with Gasteiger partial charge >= 0.3 is 0 Å². The first-order chi connectivity index (χ1) is 9.19. The highest BCUT2D eigenvalue weighted by atomic mass is 35.5. The summed E-state index contributed by atoms with van der Waals surface area (Å²) in [6.45, 7) is 0. The van der Waals surface area contributed by atoms with E-state index >= 15 is 0 Å². The van der Waals surface area contributed by atoms with Crippen LogP contribution in [-0.2, 0) is 4.79 Å². The molecule has 0 unspecified atom stereocenters. The average Bonchev–Trinajstić information content (AvgIpc) is 2.40. The molecular formula is C15H11ClN2O. The Morgan fingerprint density at radius 2 is 1.89 bits per heavy atom. The number of halogens is 1. The van der Waals surface area contributed by atoms with Gasteiger partial charge in [-0.05, 0) is 35.4 Å². The summed E-state index contributed by atoms with van der Waals surface area (Å²) in [5.74, 6) is -0.307. The molecule has 0 aliphatic rings. The number of carbonyl (C=O) groups is 1. The minimum Gasteiger partial charge on any atom is -0.325 e. The van der Waals surface area contributed by atoms with Gasteiger partial charge in [0.2, 0.25) is 5.91 Å². The SMILES string of the molecule is N#CCC(=O)Nc1ccc(-c2cccc(Cl)c2)cc1. The van der Waals surface area contributed by atoms with Crippen molar-refractivity contribution in [3.8, 4) is 17.2 Å². The molecule has 4 heteroatoms. The Kier molecular flexibility index (Phi) is 4.17. The Morgan fingerprint density at radius 1 is 1.16 bits per heavy atom. The van der Waals surface area contributed by atoms with Crippen LogP contribution in [-0.4, -0.2) is 5.91 Å². The van der Waals surface area contributed by atoms with E-state index < -0.39 is 0 Å². The Bertz CT molecular complexity index is 629. The average molecular weight is 271 g/mol. The lowest BCUT2D eigenvalue weighted by atomic mass is 10.1. The van der Waals surface area contributed by atoms with Crippen LogP contribution < -0.4 is 5.32 Å². The molecule has 0 saturated heterocycles. The van der Waals surface area contributed by atoms with Gasteiger partial charge < -0.3 is 5.32 Å². The largest absolute Gasteiger partial charge is 0.325 e. The molecule has 2 rings (SSSR count). The number of carbonyl (C=O) groups excluding carboxylic acids is 1. The molecule has 1 amide bonds. The molecule has 3 nitrogen and oxygen atoms in total. The van der Waals surface area contributed by atoms with Crippen LogP contribution in [0.3, 0.4) is 0 Å². The number of rotatable bonds is 3. The second-order valence-corrected chi connectivity index (χ2v) is 4.41. The number of nitrogens with zero attached hydrogens (tertiary/aromatic N) is 1. The molecule has 0 heterocycles. The van der Waals surface area contributed by atoms with E-state index in [0.717, 1.165) is 11.1 Å². The van der Waals surface area contributed by atoms with E-state index in [1.807, 2.05) is 36.4 Å². The van der Waals surface area contributed by atoms with Crippen molar-refractivity contribution in [2.24, 2.45) is 0 Å². The van der Waals surface area contributed by atoms with Crippen molar-refractivity contribution in [1.29, 1.82) is 5.26 Å². The zero-order valence-electron chi connectivity index (χ0n) is 10.1. The van der Waals surface area contributed by atoms with Crippen molar-refractivity contribution in [2.45, 2.75) is 6.42 Å². The number of benzene rings is 2. The van der Waals surface area contributed by atoms with Crippen LogP contribution in [0, 0.1) is 11.3 Å². The van der Waals surface area contributed by atoms with E-state index in [0.29, 0.717) is 10.7 Å². The molecule has 0 aromatic heterocycles. The molecule has 0 radical (unpaired) electrons. The van der Waals surface area contributed by atoms with Gasteiger partial charge in [-0.3, -0.25) is 4.79 Å². The lowest BCUT2D eigenvalue weighted by Crippen LogP contribution is -2.09. The summed E-state index contributed by atoms with van der Waals surface area (Å²) in [5.41, 5.74) is 2.70. The molecule has 0 fully saturated rings. The molecule has 2 aromatic carbocycles. The summed E-state index contributed by atoms with van der Waals surface area (Å²) >= 11 is 5.94. The molecule has 19 heavy (non-hydrogen) atoms. The monoisotopic (exact) mass is 270 g/mol. The number of hydrogen-bond acceptors (Lipinski definition) is 2. The van der Waals surface area contributed by atoms with E-state index in [1.54, 1.807) is 18.2 Å². The summed E-state index contributed by atoms with van der Waals surface area (Å²) in [4.78, 5) is 11.3. The Morgan fingerprint density at radius 3 is 2.53 bits per heavy atom. The molecule has 0 aliphatic heterocycles.